The van der Waals surface area contributed by atoms with Gasteiger partial charge in [-0.05, 0) is 29.5 Å². The number of hydrogen-bond acceptors (Lipinski definition) is 11. The van der Waals surface area contributed by atoms with Crippen LogP contribution in [-0.2, 0) is 19.9 Å². The van der Waals surface area contributed by atoms with E-state index in [1.165, 1.54) is 12.1 Å². The largest absolute Gasteiger partial charge is 0.304 e. The lowest BCUT2D eigenvalue weighted by Gasteiger charge is -2.35. The van der Waals surface area contributed by atoms with Gasteiger partial charge >= 0.3 is 0 Å². The molecule has 3 aliphatic heterocycles. The molecule has 5 rings (SSSR count). The van der Waals surface area contributed by atoms with Gasteiger partial charge in [0.1, 0.15) is 11.1 Å². The lowest BCUT2D eigenvalue weighted by atomic mass is 9.93. The van der Waals surface area contributed by atoms with E-state index in [-0.39, 0.29) is 28.4 Å². The molecule has 0 saturated carbocycles. The summed E-state index contributed by atoms with van der Waals surface area (Å²) < 4.78 is 52.1. The Bertz CT molecular complexity index is 1380. The van der Waals surface area contributed by atoms with E-state index in [1.807, 2.05) is 11.0 Å². The van der Waals surface area contributed by atoms with Gasteiger partial charge in [0.05, 0.1) is 21.6 Å². The van der Waals surface area contributed by atoms with Crippen molar-refractivity contribution in [1.29, 1.82) is 0 Å². The number of fused-ring (bicyclic) bond motifs is 1. The normalized spacial score (nSPS) is 23.5. The molecule has 1 aromatic heterocycles. The predicted octanol–water partition coefficient (Wildman–Crippen LogP) is -1.40. The summed E-state index contributed by atoms with van der Waals surface area (Å²) in [5.41, 5.74) is 3.72. The predicted molar refractivity (Wildman–Crippen MR) is 115 cm³/mol. The highest BCUT2D eigenvalue weighted by atomic mass is 32.2. The van der Waals surface area contributed by atoms with Crippen molar-refractivity contribution in [2.45, 2.75) is 21.2 Å². The third kappa shape index (κ3) is 3.33. The molecule has 2 atom stereocenters. The number of aromatic amines is 1. The fourth-order valence-corrected chi connectivity index (χ4v) is 7.44. The quantitative estimate of drug-likeness (QED) is 0.465. The second-order valence-electron chi connectivity index (χ2n) is 7.81. The number of nitrogens with one attached hydrogen (secondary N) is 2. The topological polar surface area (TPSA) is 189 Å². The molecule has 0 spiro atoms. The maximum atomic E-state index is 13.3. The summed E-state index contributed by atoms with van der Waals surface area (Å²) in [4.78, 5) is 5.29. The smallest absolute Gasteiger partial charge is 0.240 e. The number of likely N-dealkylation sites (tertiary alicyclic amines) is 1. The molecule has 0 aliphatic carbocycles. The zero-order valence-electron chi connectivity index (χ0n) is 16.7. The monoisotopic (exact) mass is 477 g/mol. The first-order valence-corrected chi connectivity index (χ1v) is 12.7. The molecule has 2 unspecified atom stereocenters. The van der Waals surface area contributed by atoms with Gasteiger partial charge in [-0.2, -0.15) is 10.3 Å². The Morgan fingerprint density at radius 2 is 1.97 bits per heavy atom. The molecule has 168 valence electrons. The first kappa shape index (κ1) is 20.9. The molecule has 3 aliphatic rings. The number of hydrogen-bond donors (Lipinski definition) is 3. The molecule has 15 heteroatoms. The Hall–Kier alpha value is -3.01. The number of hydrazone groups is 1. The number of nitrogens with zero attached hydrogens (tertiary/aromatic N) is 6. The minimum absolute atomic E-state index is 0.0472. The van der Waals surface area contributed by atoms with Crippen LogP contribution in [0.3, 0.4) is 0 Å². The van der Waals surface area contributed by atoms with E-state index >= 15 is 0 Å². The molecule has 4 heterocycles. The van der Waals surface area contributed by atoms with E-state index in [0.29, 0.717) is 24.2 Å². The van der Waals surface area contributed by atoms with Crippen LogP contribution in [0.2, 0.25) is 0 Å². The SMILES string of the molecule is CN1CC(S(=O)(=O)c2ccc(C3=CC4C=NNC4N=C3)c(-c3nn[nH]n3)c2S(N)(=O)=O)C1. The first-order chi connectivity index (χ1) is 15.2. The molecule has 4 N–H and O–H groups in total. The summed E-state index contributed by atoms with van der Waals surface area (Å²) in [6.45, 7) is 0.581. The molecule has 1 fully saturated rings. The van der Waals surface area contributed by atoms with Crippen molar-refractivity contribution < 1.29 is 16.8 Å². The van der Waals surface area contributed by atoms with Crippen LogP contribution in [0.4, 0.5) is 0 Å². The fraction of sp³-hybridized carbons (Fsp3) is 0.353. The Labute approximate surface area is 183 Å². The average Bonchev–Trinajstić information content (AvgIpc) is 3.40. The van der Waals surface area contributed by atoms with Gasteiger partial charge in [0.25, 0.3) is 0 Å². The summed E-state index contributed by atoms with van der Waals surface area (Å²) in [5.74, 6) is -0.249. The average molecular weight is 478 g/mol. The van der Waals surface area contributed by atoms with Crippen LogP contribution < -0.4 is 10.6 Å². The van der Waals surface area contributed by atoms with Gasteiger partial charge in [0.15, 0.2) is 9.84 Å². The van der Waals surface area contributed by atoms with E-state index < -0.39 is 30.0 Å². The number of dihydropyridines is 1. The molecule has 1 aromatic carbocycles. The lowest BCUT2D eigenvalue weighted by Crippen LogP contribution is -2.52. The van der Waals surface area contributed by atoms with Crippen molar-refractivity contribution in [2.24, 2.45) is 21.2 Å². The number of aromatic nitrogens is 4. The van der Waals surface area contributed by atoms with E-state index in [4.69, 9.17) is 5.14 Å². The summed E-state index contributed by atoms with van der Waals surface area (Å²) in [7, 11) is -6.72. The van der Waals surface area contributed by atoms with Crippen LogP contribution in [0.1, 0.15) is 5.56 Å². The molecule has 0 radical (unpaired) electrons. The van der Waals surface area contributed by atoms with Gasteiger partial charge in [-0.25, -0.2) is 22.0 Å². The molecule has 0 amide bonds. The van der Waals surface area contributed by atoms with Gasteiger partial charge in [-0.15, -0.1) is 10.2 Å². The number of aliphatic imine (C=N–C) groups is 1. The second kappa shape index (κ2) is 7.26. The highest BCUT2D eigenvalue weighted by molar-refractivity contribution is 7.94. The van der Waals surface area contributed by atoms with Gasteiger partial charge < -0.3 is 4.90 Å². The summed E-state index contributed by atoms with van der Waals surface area (Å²) in [5, 5.41) is 22.4. The molecule has 1 saturated heterocycles. The Morgan fingerprint density at radius 3 is 2.62 bits per heavy atom. The third-order valence-electron chi connectivity index (χ3n) is 5.63. The minimum atomic E-state index is -4.51. The number of primary sulfonamides is 1. The third-order valence-corrected chi connectivity index (χ3v) is 8.88. The molecule has 32 heavy (non-hydrogen) atoms. The van der Waals surface area contributed by atoms with Crippen molar-refractivity contribution >= 4 is 37.9 Å². The highest BCUT2D eigenvalue weighted by Crippen LogP contribution is 2.39. The maximum absolute atomic E-state index is 13.3. The van der Waals surface area contributed by atoms with Crippen LogP contribution in [0.5, 0.6) is 0 Å². The van der Waals surface area contributed by atoms with Crippen LogP contribution in [0.15, 0.2) is 38.1 Å². The number of allylic oxidation sites excluding steroid dienone is 1. The Morgan fingerprint density at radius 1 is 1.19 bits per heavy atom. The molecule has 13 nitrogen and oxygen atoms in total. The zero-order chi connectivity index (χ0) is 22.7. The fourth-order valence-electron chi connectivity index (χ4n) is 4.03. The number of nitrogens with two attached hydrogens (primary N) is 1. The first-order valence-electron chi connectivity index (χ1n) is 9.56. The van der Waals surface area contributed by atoms with Crippen molar-refractivity contribution in [3.05, 3.63) is 23.8 Å². The van der Waals surface area contributed by atoms with Crippen molar-refractivity contribution in [3.8, 4) is 11.4 Å². The number of benzene rings is 1. The second-order valence-corrected chi connectivity index (χ2v) is 11.5. The summed E-state index contributed by atoms with van der Waals surface area (Å²) in [6.07, 6.45) is 4.84. The number of sulfonamides is 1. The molecular weight excluding hydrogens is 458 g/mol. The van der Waals surface area contributed by atoms with Gasteiger partial charge in [0.2, 0.25) is 15.8 Å². The molecule has 2 aromatic rings. The van der Waals surface area contributed by atoms with Crippen LogP contribution in [-0.4, -0.2) is 86.3 Å². The van der Waals surface area contributed by atoms with E-state index in [9.17, 15) is 16.8 Å². The number of sulfone groups is 1. The molecular formula is C17H19N9O4S2. The number of tetrazole rings is 1. The minimum Gasteiger partial charge on any atom is -0.304 e. The van der Waals surface area contributed by atoms with Crippen molar-refractivity contribution in [2.75, 3.05) is 20.1 Å². The van der Waals surface area contributed by atoms with Gasteiger partial charge in [-0.1, -0.05) is 12.1 Å². The highest BCUT2D eigenvalue weighted by Gasteiger charge is 2.41. The molecule has 0 bridgehead atoms. The zero-order valence-corrected chi connectivity index (χ0v) is 18.4. The van der Waals surface area contributed by atoms with Crippen molar-refractivity contribution in [3.63, 3.8) is 0 Å². The maximum Gasteiger partial charge on any atom is 0.240 e. The van der Waals surface area contributed by atoms with Gasteiger partial charge in [0, 0.05) is 25.5 Å². The van der Waals surface area contributed by atoms with Crippen molar-refractivity contribution in [1.82, 2.24) is 30.9 Å². The number of rotatable bonds is 5. The Balaban J connectivity index is 1.77. The Kier molecular flexibility index (Phi) is 4.74. The van der Waals surface area contributed by atoms with Crippen LogP contribution >= 0.6 is 0 Å². The van der Waals surface area contributed by atoms with Crippen LogP contribution in [0, 0.1) is 5.92 Å². The summed E-state index contributed by atoms with van der Waals surface area (Å²) >= 11 is 0. The van der Waals surface area contributed by atoms with E-state index in [1.54, 1.807) is 19.5 Å². The van der Waals surface area contributed by atoms with Crippen LogP contribution in [0.25, 0.3) is 17.0 Å². The van der Waals surface area contributed by atoms with E-state index in [2.05, 4.69) is 36.1 Å². The lowest BCUT2D eigenvalue weighted by molar-refractivity contribution is 0.231. The van der Waals surface area contributed by atoms with Gasteiger partial charge in [-0.3, -0.25) is 10.4 Å². The standard InChI is InChI=1S/C17H19N9O4S2/c1-26-7-11(8-26)31(27,28)13-3-2-12(9-4-10-6-20-21-16(10)19-5-9)14(15(13)32(18,29)30)17-22-24-25-23-17/h2-6,10-11,16,21H,7-8H2,1H3,(H2,18,29,30)(H,22,23,24,25). The summed E-state index contributed by atoms with van der Waals surface area (Å²) in [6, 6.07) is 2.79. The van der Waals surface area contributed by atoms with E-state index in [0.717, 1.165) is 0 Å². The number of H-pyrrole nitrogens is 1.